The predicted molar refractivity (Wildman–Crippen MR) is 167 cm³/mol. The number of carboxylic acid groups (broad SMARTS) is 1. The number of phenolic OH excluding ortho intramolecular Hbond substituents is 1. The summed E-state index contributed by atoms with van der Waals surface area (Å²) in [4.78, 5) is 44.2. The third-order valence-corrected chi connectivity index (χ3v) is 9.25. The molecule has 6 unspecified atom stereocenters. The van der Waals surface area contributed by atoms with Crippen LogP contribution < -0.4 is 5.32 Å². The van der Waals surface area contributed by atoms with Gasteiger partial charge in [-0.1, -0.05) is 84.6 Å². The van der Waals surface area contributed by atoms with Crippen molar-refractivity contribution in [1.82, 2.24) is 4.90 Å². The second-order valence-electron chi connectivity index (χ2n) is 11.7. The van der Waals surface area contributed by atoms with Crippen LogP contribution >= 0.6 is 0 Å². The average Bonchev–Trinajstić information content (AvgIpc) is 3.54. The lowest BCUT2D eigenvalue weighted by Crippen LogP contribution is -2.52. The number of rotatable bonds is 5. The fourth-order valence-corrected chi connectivity index (χ4v) is 7.53. The molecule has 3 heterocycles. The summed E-state index contributed by atoms with van der Waals surface area (Å²) < 4.78 is 6.19. The van der Waals surface area contributed by atoms with Gasteiger partial charge in [-0.3, -0.25) is 19.3 Å². The highest BCUT2D eigenvalue weighted by Crippen LogP contribution is 2.64. The molecule has 0 aromatic heterocycles. The van der Waals surface area contributed by atoms with Crippen LogP contribution in [-0.2, 0) is 24.5 Å². The number of hydrogen-bond donors (Lipinski definition) is 4. The number of aromatic hydroxyl groups is 1. The number of aliphatic carboxylic acids is 1. The third kappa shape index (κ3) is 4.45. The molecule has 4 aromatic carbocycles. The smallest absolute Gasteiger partial charge is 0.325 e. The average molecular weight is 615 g/mol. The van der Waals surface area contributed by atoms with Crippen LogP contribution in [0.1, 0.15) is 52.4 Å². The molecule has 9 heteroatoms. The topological polar surface area (TPSA) is 136 Å². The summed E-state index contributed by atoms with van der Waals surface area (Å²) in [6, 6.07) is 27.1. The van der Waals surface area contributed by atoms with Crippen molar-refractivity contribution in [3.63, 3.8) is 0 Å². The first-order chi connectivity index (χ1) is 22.4. The molecule has 230 valence electrons. The third-order valence-electron chi connectivity index (χ3n) is 9.25. The van der Waals surface area contributed by atoms with Gasteiger partial charge in [0.15, 0.2) is 0 Å². The molecule has 1 spiro atoms. The lowest BCUT2D eigenvalue weighted by atomic mass is 9.65. The Morgan fingerprint density at radius 2 is 1.54 bits per heavy atom. The first-order valence-corrected chi connectivity index (χ1v) is 15.0. The number of aliphatic hydroxyl groups is 1. The van der Waals surface area contributed by atoms with Gasteiger partial charge in [-0.05, 0) is 52.6 Å². The van der Waals surface area contributed by atoms with E-state index in [0.29, 0.717) is 22.4 Å². The van der Waals surface area contributed by atoms with E-state index in [4.69, 9.17) is 4.74 Å². The molecule has 6 atom stereocenters. The quantitative estimate of drug-likeness (QED) is 0.191. The Bertz CT molecular complexity index is 1880. The van der Waals surface area contributed by atoms with Gasteiger partial charge < -0.3 is 25.4 Å². The highest BCUT2D eigenvalue weighted by Gasteiger charge is 2.74. The summed E-state index contributed by atoms with van der Waals surface area (Å²) in [6.07, 6.45) is -0.578. The molecule has 3 aliphatic heterocycles. The number of hydrogen-bond acceptors (Lipinski definition) is 7. The number of aliphatic hydroxyl groups excluding tert-OH is 1. The molecule has 0 aliphatic carbocycles. The highest BCUT2D eigenvalue weighted by atomic mass is 16.6. The van der Waals surface area contributed by atoms with Crippen molar-refractivity contribution in [2.24, 2.45) is 5.92 Å². The maximum absolute atomic E-state index is 14.6. The molecule has 0 bridgehead atoms. The van der Waals surface area contributed by atoms with E-state index in [1.54, 1.807) is 30.3 Å². The predicted octanol–water partition coefficient (Wildman–Crippen LogP) is 4.48. The number of fused-ring (bicyclic) bond motifs is 3. The number of carbonyl (C=O) groups is 3. The SMILES string of the molecule is O=C1OC(c2ccccc2)C(c2ccccc2)N2C1C(C(=O)O)C1(C(=O)Nc3ccc(C#CCCO)cc31)C2c1ccc(O)cc1. The van der Waals surface area contributed by atoms with Crippen LogP contribution in [-0.4, -0.2) is 50.7 Å². The molecule has 3 aliphatic rings. The molecule has 2 fully saturated rings. The number of benzene rings is 4. The van der Waals surface area contributed by atoms with E-state index in [1.807, 2.05) is 65.6 Å². The van der Waals surface area contributed by atoms with Gasteiger partial charge in [-0.2, -0.15) is 0 Å². The molecule has 7 rings (SSSR count). The van der Waals surface area contributed by atoms with Crippen molar-refractivity contribution in [1.29, 1.82) is 0 Å². The normalized spacial score (nSPS) is 26.4. The summed E-state index contributed by atoms with van der Waals surface area (Å²) in [5.74, 6) is 1.72. The number of amides is 1. The van der Waals surface area contributed by atoms with Gasteiger partial charge in [0.25, 0.3) is 0 Å². The summed E-state index contributed by atoms with van der Waals surface area (Å²) in [6.45, 7) is -0.117. The number of nitrogens with zero attached hydrogens (tertiary/aromatic N) is 1. The monoisotopic (exact) mass is 614 g/mol. The summed E-state index contributed by atoms with van der Waals surface area (Å²) >= 11 is 0. The largest absolute Gasteiger partial charge is 0.508 e. The fourth-order valence-electron chi connectivity index (χ4n) is 7.53. The minimum atomic E-state index is -1.80. The van der Waals surface area contributed by atoms with Crippen molar-refractivity contribution in [3.05, 3.63) is 131 Å². The second-order valence-corrected chi connectivity index (χ2v) is 11.7. The second kappa shape index (κ2) is 11.5. The zero-order valence-electron chi connectivity index (χ0n) is 24.5. The molecule has 4 aromatic rings. The maximum Gasteiger partial charge on any atom is 0.325 e. The molecule has 4 N–H and O–H groups in total. The Kier molecular flexibility index (Phi) is 7.32. The number of anilines is 1. The van der Waals surface area contributed by atoms with Crippen LogP contribution in [0.2, 0.25) is 0 Å². The molecule has 9 nitrogen and oxygen atoms in total. The molecule has 0 saturated carbocycles. The standard InChI is InChI=1S/C37H30N2O7/c40-20-8-7-9-22-14-19-28-27(21-22)37(36(45)38-28)29(34(42)43)31-35(44)46-32(24-12-5-2-6-13-24)30(23-10-3-1-4-11-23)39(31)33(37)25-15-17-26(41)18-16-25/h1-6,10-19,21,29-33,40-41H,8,20H2,(H,38,45)(H,42,43). The fraction of sp³-hybridized carbons (Fsp3) is 0.216. The lowest BCUT2D eigenvalue weighted by Gasteiger charge is -2.46. The van der Waals surface area contributed by atoms with Crippen molar-refractivity contribution < 1.29 is 34.4 Å². The first-order valence-electron chi connectivity index (χ1n) is 15.0. The summed E-state index contributed by atoms with van der Waals surface area (Å²) in [5, 5.41) is 33.4. The van der Waals surface area contributed by atoms with Crippen LogP contribution in [0.3, 0.4) is 0 Å². The molecule has 46 heavy (non-hydrogen) atoms. The number of esters is 1. The number of carbonyl (C=O) groups excluding carboxylic acids is 2. The Labute approximate surface area is 265 Å². The number of nitrogens with one attached hydrogen (secondary N) is 1. The Hall–Kier alpha value is -5.43. The number of morpholine rings is 1. The molecule has 1 amide bonds. The van der Waals surface area contributed by atoms with E-state index in [-0.39, 0.29) is 18.8 Å². The number of cyclic esters (lactones) is 1. The van der Waals surface area contributed by atoms with Crippen molar-refractivity contribution in [2.45, 2.75) is 36.1 Å². The minimum absolute atomic E-state index is 0.000301. The van der Waals surface area contributed by atoms with E-state index >= 15 is 0 Å². The zero-order valence-corrected chi connectivity index (χ0v) is 24.5. The summed E-state index contributed by atoms with van der Waals surface area (Å²) in [7, 11) is 0. The van der Waals surface area contributed by atoms with E-state index in [2.05, 4.69) is 17.2 Å². The summed E-state index contributed by atoms with van der Waals surface area (Å²) in [5.41, 5.74) is 1.62. The van der Waals surface area contributed by atoms with Crippen molar-refractivity contribution in [3.8, 4) is 17.6 Å². The van der Waals surface area contributed by atoms with Gasteiger partial charge in [0.2, 0.25) is 5.91 Å². The van der Waals surface area contributed by atoms with E-state index in [1.165, 1.54) is 12.1 Å². The molecule has 2 saturated heterocycles. The zero-order chi connectivity index (χ0) is 32.0. The number of phenols is 1. The Morgan fingerprint density at radius 3 is 2.20 bits per heavy atom. The Balaban J connectivity index is 1.54. The number of ether oxygens (including phenoxy) is 1. The molecule has 0 radical (unpaired) electrons. The highest BCUT2D eigenvalue weighted by molar-refractivity contribution is 6.11. The van der Waals surface area contributed by atoms with Gasteiger partial charge >= 0.3 is 11.9 Å². The maximum atomic E-state index is 14.6. The number of carboxylic acids is 1. The minimum Gasteiger partial charge on any atom is -0.508 e. The van der Waals surface area contributed by atoms with Gasteiger partial charge in [-0.25, -0.2) is 0 Å². The van der Waals surface area contributed by atoms with Crippen LogP contribution in [0.5, 0.6) is 5.75 Å². The van der Waals surface area contributed by atoms with Crippen LogP contribution in [0.25, 0.3) is 0 Å². The van der Waals surface area contributed by atoms with Crippen LogP contribution in [0.4, 0.5) is 5.69 Å². The van der Waals surface area contributed by atoms with E-state index in [9.17, 15) is 29.7 Å². The van der Waals surface area contributed by atoms with E-state index < -0.39 is 53.4 Å². The van der Waals surface area contributed by atoms with Crippen molar-refractivity contribution in [2.75, 3.05) is 11.9 Å². The van der Waals surface area contributed by atoms with Gasteiger partial charge in [-0.15, -0.1) is 0 Å². The van der Waals surface area contributed by atoms with E-state index in [0.717, 1.165) is 11.1 Å². The van der Waals surface area contributed by atoms with Gasteiger partial charge in [0.1, 0.15) is 29.2 Å². The Morgan fingerprint density at radius 1 is 0.870 bits per heavy atom. The van der Waals surface area contributed by atoms with Crippen LogP contribution in [0, 0.1) is 17.8 Å². The lowest BCUT2D eigenvalue weighted by molar-refractivity contribution is -0.179. The first kappa shape index (κ1) is 29.3. The van der Waals surface area contributed by atoms with Crippen LogP contribution in [0.15, 0.2) is 103 Å². The van der Waals surface area contributed by atoms with Gasteiger partial charge in [0, 0.05) is 17.7 Å². The van der Waals surface area contributed by atoms with Crippen molar-refractivity contribution >= 4 is 23.5 Å². The molecular weight excluding hydrogens is 584 g/mol. The molecular formula is C37H30N2O7. The van der Waals surface area contributed by atoms with Gasteiger partial charge in [0.05, 0.1) is 18.7 Å².